The molecular weight excluding hydrogens is 376 g/mol. The first-order valence-electron chi connectivity index (χ1n) is 8.69. The van der Waals surface area contributed by atoms with E-state index in [2.05, 4.69) is 35.2 Å². The van der Waals surface area contributed by atoms with E-state index in [4.69, 9.17) is 0 Å². The van der Waals surface area contributed by atoms with E-state index in [1.807, 2.05) is 37.3 Å². The maximum absolute atomic E-state index is 12.6. The van der Waals surface area contributed by atoms with E-state index in [-0.39, 0.29) is 5.91 Å². The summed E-state index contributed by atoms with van der Waals surface area (Å²) in [6, 6.07) is 13.6. The smallest absolute Gasteiger partial charge is 0.239 e. The number of thiazole rings is 1. The van der Waals surface area contributed by atoms with Crippen molar-refractivity contribution < 1.29 is 4.79 Å². The number of amides is 1. The molecule has 0 fully saturated rings. The summed E-state index contributed by atoms with van der Waals surface area (Å²) in [5.41, 5.74) is 2.30. The lowest BCUT2D eigenvalue weighted by Crippen LogP contribution is -2.22. The van der Waals surface area contributed by atoms with Crippen molar-refractivity contribution >= 4 is 44.4 Å². The number of thioether (sulfide) groups is 1. The largest absolute Gasteiger partial charge is 0.301 e. The number of nitriles is 1. The molecule has 0 aliphatic heterocycles. The van der Waals surface area contributed by atoms with Crippen LogP contribution >= 0.6 is 23.1 Å². The van der Waals surface area contributed by atoms with Crippen LogP contribution in [0, 0.1) is 17.2 Å². The average molecular weight is 397 g/mol. The highest BCUT2D eigenvalue weighted by Gasteiger charge is 2.19. The number of hydrogen-bond donors (Lipinski definition) is 1. The molecule has 1 N–H and O–H groups in total. The Bertz CT molecular complexity index is 974. The van der Waals surface area contributed by atoms with Gasteiger partial charge in [0.2, 0.25) is 5.91 Å². The third-order valence-corrected chi connectivity index (χ3v) is 5.89. The number of hydrogen-bond acceptors (Lipinski definition) is 6. The lowest BCUT2D eigenvalue weighted by molar-refractivity contribution is -0.115. The highest BCUT2D eigenvalue weighted by atomic mass is 32.2. The van der Waals surface area contributed by atoms with Gasteiger partial charge < -0.3 is 5.32 Å². The normalized spacial score (nSPS) is 12.1. The van der Waals surface area contributed by atoms with E-state index in [0.717, 1.165) is 22.3 Å². The lowest BCUT2D eigenvalue weighted by Gasteiger charge is -2.12. The van der Waals surface area contributed by atoms with Crippen LogP contribution in [0.4, 0.5) is 5.13 Å². The van der Waals surface area contributed by atoms with Gasteiger partial charge in [0.05, 0.1) is 21.0 Å². The lowest BCUT2D eigenvalue weighted by atomic mass is 10.1. The van der Waals surface area contributed by atoms with Gasteiger partial charge in [-0.15, -0.1) is 0 Å². The molecule has 1 atom stereocenters. The quantitative estimate of drug-likeness (QED) is 0.601. The number of benzene rings is 1. The maximum Gasteiger partial charge on any atom is 0.239 e. The second kappa shape index (κ2) is 8.51. The Hall–Kier alpha value is -2.43. The SMILES string of the molecule is CC(C)Cc1ccc(C#N)c(SC(C)C(=O)Nc2nc3ccccc3s2)n1. The number of carbonyl (C=O) groups is 1. The van der Waals surface area contributed by atoms with Gasteiger partial charge in [0.25, 0.3) is 0 Å². The molecule has 0 aliphatic rings. The summed E-state index contributed by atoms with van der Waals surface area (Å²) in [4.78, 5) is 21.6. The van der Waals surface area contributed by atoms with Gasteiger partial charge in [-0.2, -0.15) is 5.26 Å². The molecule has 0 radical (unpaired) electrons. The van der Waals surface area contributed by atoms with Crippen LogP contribution in [0.15, 0.2) is 41.4 Å². The highest BCUT2D eigenvalue weighted by Crippen LogP contribution is 2.29. The van der Waals surface area contributed by atoms with Crippen LogP contribution in [-0.2, 0) is 11.2 Å². The number of aromatic nitrogens is 2. The van der Waals surface area contributed by atoms with E-state index in [9.17, 15) is 10.1 Å². The summed E-state index contributed by atoms with van der Waals surface area (Å²) >= 11 is 2.75. The number of pyridine rings is 1. The van der Waals surface area contributed by atoms with Crippen molar-refractivity contribution in [1.82, 2.24) is 9.97 Å². The van der Waals surface area contributed by atoms with E-state index >= 15 is 0 Å². The van der Waals surface area contributed by atoms with Crippen LogP contribution in [0.3, 0.4) is 0 Å². The number of rotatable bonds is 6. The number of fused-ring (bicyclic) bond motifs is 1. The van der Waals surface area contributed by atoms with Gasteiger partial charge in [-0.25, -0.2) is 9.97 Å². The van der Waals surface area contributed by atoms with Gasteiger partial charge in [-0.3, -0.25) is 4.79 Å². The van der Waals surface area contributed by atoms with E-state index in [1.165, 1.54) is 23.1 Å². The Kier molecular flexibility index (Phi) is 6.09. The molecule has 0 bridgehead atoms. The molecule has 2 aromatic heterocycles. The molecule has 3 rings (SSSR count). The number of nitrogens with zero attached hydrogens (tertiary/aromatic N) is 3. The van der Waals surface area contributed by atoms with Crippen molar-refractivity contribution in [3.05, 3.63) is 47.7 Å². The zero-order valence-corrected chi connectivity index (χ0v) is 17.0. The van der Waals surface area contributed by atoms with Gasteiger partial charge >= 0.3 is 0 Å². The number of carbonyl (C=O) groups excluding carboxylic acids is 1. The molecule has 7 heteroatoms. The number of anilines is 1. The fourth-order valence-corrected chi connectivity index (χ4v) is 4.32. The summed E-state index contributed by atoms with van der Waals surface area (Å²) in [5, 5.41) is 13.0. The number of nitrogens with one attached hydrogen (secondary N) is 1. The first-order chi connectivity index (χ1) is 13.0. The fourth-order valence-electron chi connectivity index (χ4n) is 2.54. The first kappa shape index (κ1) is 19.3. The summed E-state index contributed by atoms with van der Waals surface area (Å²) in [5.74, 6) is 0.321. The molecule has 0 spiro atoms. The molecule has 1 amide bonds. The molecule has 27 heavy (non-hydrogen) atoms. The van der Waals surface area contributed by atoms with Crippen LogP contribution in [0.5, 0.6) is 0 Å². The number of para-hydroxylation sites is 1. The Balaban J connectivity index is 1.72. The Morgan fingerprint density at radius 3 is 2.70 bits per heavy atom. The minimum absolute atomic E-state index is 0.154. The van der Waals surface area contributed by atoms with Crippen molar-refractivity contribution in [1.29, 1.82) is 5.26 Å². The predicted molar refractivity (Wildman–Crippen MR) is 111 cm³/mol. The Morgan fingerprint density at radius 2 is 2.00 bits per heavy atom. The van der Waals surface area contributed by atoms with Crippen LogP contribution in [-0.4, -0.2) is 21.1 Å². The van der Waals surface area contributed by atoms with E-state index < -0.39 is 5.25 Å². The first-order valence-corrected chi connectivity index (χ1v) is 10.4. The van der Waals surface area contributed by atoms with Gasteiger partial charge in [0.15, 0.2) is 5.13 Å². The summed E-state index contributed by atoms with van der Waals surface area (Å²) < 4.78 is 1.03. The summed E-state index contributed by atoms with van der Waals surface area (Å²) in [7, 11) is 0. The van der Waals surface area contributed by atoms with Gasteiger partial charge in [-0.05, 0) is 43.5 Å². The van der Waals surface area contributed by atoms with Crippen LogP contribution in [0.2, 0.25) is 0 Å². The second-order valence-electron chi connectivity index (χ2n) is 6.60. The Morgan fingerprint density at radius 1 is 1.22 bits per heavy atom. The molecule has 0 saturated carbocycles. The molecule has 2 heterocycles. The molecule has 138 valence electrons. The van der Waals surface area contributed by atoms with Crippen LogP contribution < -0.4 is 5.32 Å². The third-order valence-electron chi connectivity index (χ3n) is 3.84. The van der Waals surface area contributed by atoms with Crippen molar-refractivity contribution in [2.24, 2.45) is 5.92 Å². The second-order valence-corrected chi connectivity index (χ2v) is 8.96. The van der Waals surface area contributed by atoms with Crippen molar-refractivity contribution in [2.75, 3.05) is 5.32 Å². The summed E-state index contributed by atoms with van der Waals surface area (Å²) in [6.07, 6.45) is 0.839. The minimum Gasteiger partial charge on any atom is -0.301 e. The molecule has 1 unspecified atom stereocenters. The fraction of sp³-hybridized carbons (Fsp3) is 0.300. The molecular formula is C20H20N4OS2. The van der Waals surface area contributed by atoms with Crippen molar-refractivity contribution in [2.45, 2.75) is 37.5 Å². The van der Waals surface area contributed by atoms with E-state index in [1.54, 1.807) is 6.07 Å². The van der Waals surface area contributed by atoms with Gasteiger partial charge in [0, 0.05) is 5.69 Å². The average Bonchev–Trinajstić information content (AvgIpc) is 3.03. The van der Waals surface area contributed by atoms with Gasteiger partial charge in [-0.1, -0.05) is 49.1 Å². The zero-order valence-electron chi connectivity index (χ0n) is 15.4. The molecule has 0 aliphatic carbocycles. The van der Waals surface area contributed by atoms with Crippen LogP contribution in [0.25, 0.3) is 10.2 Å². The van der Waals surface area contributed by atoms with Crippen molar-refractivity contribution in [3.63, 3.8) is 0 Å². The molecule has 1 aromatic carbocycles. The molecule has 0 saturated heterocycles. The maximum atomic E-state index is 12.6. The van der Waals surface area contributed by atoms with Gasteiger partial charge in [0.1, 0.15) is 11.1 Å². The Labute approximate surface area is 166 Å². The van der Waals surface area contributed by atoms with E-state index in [0.29, 0.717) is 21.6 Å². The molecule has 5 nitrogen and oxygen atoms in total. The standard InChI is InChI=1S/C20H20N4OS2/c1-12(2)10-15-9-8-14(11-21)19(22-15)26-13(3)18(25)24-20-23-16-6-4-5-7-17(16)27-20/h4-9,12-13H,10H2,1-3H3,(H,23,24,25). The van der Waals surface area contributed by atoms with Crippen molar-refractivity contribution in [3.8, 4) is 6.07 Å². The summed E-state index contributed by atoms with van der Waals surface area (Å²) in [6.45, 7) is 6.06. The zero-order chi connectivity index (χ0) is 19.4. The third kappa shape index (κ3) is 4.85. The van der Waals surface area contributed by atoms with Crippen LogP contribution in [0.1, 0.15) is 32.0 Å². The topological polar surface area (TPSA) is 78.7 Å². The molecule has 3 aromatic rings. The minimum atomic E-state index is -0.397. The predicted octanol–water partition coefficient (Wildman–Crippen LogP) is 4.88. The highest BCUT2D eigenvalue weighted by molar-refractivity contribution is 8.00. The monoisotopic (exact) mass is 396 g/mol.